The van der Waals surface area contributed by atoms with Crippen molar-refractivity contribution in [3.05, 3.63) is 204 Å². The zero-order chi connectivity index (χ0) is 51.0. The van der Waals surface area contributed by atoms with Crippen LogP contribution < -0.4 is 0 Å². The SMILES string of the molecule is [2H]c1c([2H])c([2H])c(Cc2c3c([2H])c([2H])c([2H])c([2H])c3c(CCc3c([2H])c([2H])c(-c4cccc5oc6ccc(-c7ccccc7)cc6c45)c4c([2H])c([2H])c([2H])c([2H])c34)c3c([2H])c([2H])c([2H])c([2H])c23)c([2H])c1[2H]. The Morgan fingerprint density at radius 1 is 0.423 bits per heavy atom. The third kappa shape index (κ3) is 5.17. The molecule has 0 aliphatic carbocycles. The molecule has 10 aromatic rings. The van der Waals surface area contributed by atoms with Crippen LogP contribution in [0.3, 0.4) is 0 Å². The molecule has 0 N–H and O–H groups in total. The summed E-state index contributed by atoms with van der Waals surface area (Å²) < 4.78 is 176. The highest BCUT2D eigenvalue weighted by Gasteiger charge is 2.18. The van der Waals surface area contributed by atoms with E-state index in [0.717, 1.165) is 11.1 Å². The highest BCUT2D eigenvalue weighted by Crippen LogP contribution is 2.42. The van der Waals surface area contributed by atoms with Crippen LogP contribution in [0, 0.1) is 0 Å². The van der Waals surface area contributed by atoms with Gasteiger partial charge >= 0.3 is 0 Å². The molecule has 0 atom stereocenters. The normalized spacial score (nSPS) is 16.8. The van der Waals surface area contributed by atoms with Crippen molar-refractivity contribution in [2.45, 2.75) is 19.3 Å². The van der Waals surface area contributed by atoms with E-state index in [2.05, 4.69) is 0 Å². The first kappa shape index (κ1) is 16.7. The van der Waals surface area contributed by atoms with E-state index in [1.807, 2.05) is 48.5 Å². The lowest BCUT2D eigenvalue weighted by Gasteiger charge is -2.18. The standard InChI is InChI=1S/C51H36O/c1-3-14-34(15-4-1)32-47-42-22-11-9-20-40(42)44(41-21-10-12-23-43(41)47)29-26-36-27-30-45(39-19-8-7-18-38(36)39)46-24-13-25-50-51(46)48-33-37(28-31-49(48)52-50)35-16-5-2-6-17-35/h1-25,27-28,30-31,33H,26,29,32H2/i1D,3D,4D,7D,8D,9D,10D,11D,12D,14D,15D,18D,19D,20D,21D,22D,23D,27D,30D. The summed E-state index contributed by atoms with van der Waals surface area (Å²) in [5, 5.41) is 0.150. The first-order chi connectivity index (χ1) is 33.7. The first-order valence-corrected chi connectivity index (χ1v) is 16.7. The van der Waals surface area contributed by atoms with Gasteiger partial charge in [0.15, 0.2) is 0 Å². The molecule has 1 nitrogen and oxygen atoms in total. The smallest absolute Gasteiger partial charge is 0.136 e. The fourth-order valence-corrected chi connectivity index (χ4v) is 7.22. The molecule has 246 valence electrons. The molecule has 1 aromatic heterocycles. The second kappa shape index (κ2) is 12.7. The van der Waals surface area contributed by atoms with Crippen LogP contribution >= 0.6 is 0 Å². The second-order valence-electron chi connectivity index (χ2n) is 12.4. The highest BCUT2D eigenvalue weighted by atomic mass is 16.3. The van der Waals surface area contributed by atoms with Gasteiger partial charge in [0, 0.05) is 10.8 Å². The van der Waals surface area contributed by atoms with Crippen LogP contribution in [0.4, 0.5) is 0 Å². The number of aryl methyl sites for hydroxylation is 2. The predicted octanol–water partition coefficient (Wildman–Crippen LogP) is 13.8. The Bertz CT molecular complexity index is 3900. The Labute approximate surface area is 330 Å². The van der Waals surface area contributed by atoms with Gasteiger partial charge in [0.25, 0.3) is 0 Å². The van der Waals surface area contributed by atoms with Gasteiger partial charge in [-0.25, -0.2) is 0 Å². The first-order valence-electron chi connectivity index (χ1n) is 26.2. The molecule has 0 spiro atoms. The van der Waals surface area contributed by atoms with E-state index in [1.165, 1.54) is 0 Å². The quantitative estimate of drug-likeness (QED) is 0.152. The summed E-state index contributed by atoms with van der Waals surface area (Å²) in [4.78, 5) is 0. The molecule has 0 aliphatic rings. The van der Waals surface area contributed by atoms with Gasteiger partial charge in [-0.05, 0) is 114 Å². The molecule has 0 bridgehead atoms. The van der Waals surface area contributed by atoms with Gasteiger partial charge in [-0.15, -0.1) is 0 Å². The summed E-state index contributed by atoms with van der Waals surface area (Å²) in [6.45, 7) is 0. The second-order valence-corrected chi connectivity index (χ2v) is 12.4. The summed E-state index contributed by atoms with van der Waals surface area (Å²) in [6, 6.07) is 8.78. The van der Waals surface area contributed by atoms with Crippen LogP contribution in [0.2, 0.25) is 0 Å². The van der Waals surface area contributed by atoms with Gasteiger partial charge in [0.2, 0.25) is 0 Å². The monoisotopic (exact) mass is 683 g/mol. The summed E-state index contributed by atoms with van der Waals surface area (Å²) in [5.41, 5.74) is 2.62. The van der Waals surface area contributed by atoms with E-state index in [0.29, 0.717) is 27.5 Å². The molecule has 9 aromatic carbocycles. The maximum Gasteiger partial charge on any atom is 0.136 e. The average molecular weight is 684 g/mol. The zero-order valence-corrected chi connectivity index (χ0v) is 27.4. The van der Waals surface area contributed by atoms with Gasteiger partial charge < -0.3 is 4.42 Å². The molecule has 0 fully saturated rings. The fraction of sp³-hybridized carbons (Fsp3) is 0.0588. The van der Waals surface area contributed by atoms with Crippen molar-refractivity contribution in [2.75, 3.05) is 0 Å². The maximum absolute atomic E-state index is 9.71. The van der Waals surface area contributed by atoms with Crippen LogP contribution in [0.5, 0.6) is 0 Å². The number of furan rings is 1. The van der Waals surface area contributed by atoms with Gasteiger partial charge in [-0.2, -0.15) is 0 Å². The Balaban J connectivity index is 1.26. The summed E-state index contributed by atoms with van der Waals surface area (Å²) in [7, 11) is 0. The van der Waals surface area contributed by atoms with E-state index >= 15 is 0 Å². The lowest BCUT2D eigenvalue weighted by atomic mass is 9.86. The molecule has 52 heavy (non-hydrogen) atoms. The van der Waals surface area contributed by atoms with Crippen molar-refractivity contribution < 1.29 is 30.5 Å². The molecule has 1 heterocycles. The minimum Gasteiger partial charge on any atom is -0.456 e. The van der Waals surface area contributed by atoms with E-state index in [4.69, 9.17) is 19.5 Å². The van der Waals surface area contributed by atoms with Crippen molar-refractivity contribution in [3.63, 3.8) is 0 Å². The van der Waals surface area contributed by atoms with Crippen LogP contribution in [0.1, 0.15) is 48.3 Å². The Morgan fingerprint density at radius 3 is 1.81 bits per heavy atom. The number of benzene rings is 9. The summed E-state index contributed by atoms with van der Waals surface area (Å²) >= 11 is 0. The van der Waals surface area contributed by atoms with Gasteiger partial charge in [-0.3, -0.25) is 0 Å². The maximum atomic E-state index is 9.71. The average Bonchev–Trinajstić information content (AvgIpc) is 3.75. The zero-order valence-electron chi connectivity index (χ0n) is 46.4. The summed E-state index contributed by atoms with van der Waals surface area (Å²) in [5.74, 6) is 0. The van der Waals surface area contributed by atoms with Crippen molar-refractivity contribution in [1.82, 2.24) is 0 Å². The van der Waals surface area contributed by atoms with Gasteiger partial charge in [0.05, 0.1) is 26.0 Å². The molecule has 0 saturated heterocycles. The van der Waals surface area contributed by atoms with Crippen LogP contribution in [-0.4, -0.2) is 0 Å². The molecular weight excluding hydrogens is 629 g/mol. The largest absolute Gasteiger partial charge is 0.456 e. The number of rotatable bonds is 7. The third-order valence-electron chi connectivity index (χ3n) is 9.56. The predicted molar refractivity (Wildman–Crippen MR) is 220 cm³/mol. The topological polar surface area (TPSA) is 13.1 Å². The molecule has 0 amide bonds. The van der Waals surface area contributed by atoms with E-state index < -0.39 is 121 Å². The molecule has 0 radical (unpaired) electrons. The molecular formula is C51H36O. The number of fused-ring (bicyclic) bond motifs is 6. The van der Waals surface area contributed by atoms with E-state index in [9.17, 15) is 11.0 Å². The van der Waals surface area contributed by atoms with Gasteiger partial charge in [-0.1, -0.05) is 163 Å². The molecule has 1 heteroatoms. The Hall–Kier alpha value is -6.44. The minimum atomic E-state index is -0.711. The lowest BCUT2D eigenvalue weighted by Crippen LogP contribution is -2.00. The fourth-order valence-electron chi connectivity index (χ4n) is 7.22. The van der Waals surface area contributed by atoms with Crippen molar-refractivity contribution in [1.29, 1.82) is 0 Å². The minimum absolute atomic E-state index is 0.0355. The van der Waals surface area contributed by atoms with Crippen molar-refractivity contribution in [3.8, 4) is 22.3 Å². The van der Waals surface area contributed by atoms with Gasteiger partial charge in [0.1, 0.15) is 11.2 Å². The molecule has 0 saturated carbocycles. The number of hydrogen-bond donors (Lipinski definition) is 0. The molecule has 0 aliphatic heterocycles. The third-order valence-corrected chi connectivity index (χ3v) is 9.56. The van der Waals surface area contributed by atoms with Crippen LogP contribution in [0.25, 0.3) is 76.5 Å². The van der Waals surface area contributed by atoms with E-state index in [1.54, 1.807) is 18.2 Å². The number of hydrogen-bond acceptors (Lipinski definition) is 1. The van der Waals surface area contributed by atoms with Crippen molar-refractivity contribution >= 4 is 54.3 Å². The lowest BCUT2D eigenvalue weighted by molar-refractivity contribution is 0.669. The highest BCUT2D eigenvalue weighted by molar-refractivity contribution is 6.16. The van der Waals surface area contributed by atoms with Crippen LogP contribution in [-0.2, 0) is 19.3 Å². The molecule has 0 unspecified atom stereocenters. The van der Waals surface area contributed by atoms with Crippen LogP contribution in [0.15, 0.2) is 186 Å². The Morgan fingerprint density at radius 2 is 1.08 bits per heavy atom. The summed E-state index contributed by atoms with van der Waals surface area (Å²) in [6.07, 6.45) is -1.32. The molecule has 10 rings (SSSR count). The Kier molecular flexibility index (Phi) is 4.09. The van der Waals surface area contributed by atoms with Crippen molar-refractivity contribution in [2.24, 2.45) is 0 Å². The van der Waals surface area contributed by atoms with E-state index in [-0.39, 0.29) is 73.0 Å².